The summed E-state index contributed by atoms with van der Waals surface area (Å²) in [6, 6.07) is 10.8. The van der Waals surface area contributed by atoms with Crippen LogP contribution in [-0.4, -0.2) is 120 Å². The third-order valence-electron chi connectivity index (χ3n) is 9.48. The molecule has 2 saturated heterocycles. The fraction of sp³-hybridized carbons (Fsp3) is 0.424. The third-order valence-corrected chi connectivity index (χ3v) is 11.2. The van der Waals surface area contributed by atoms with Gasteiger partial charge in [-0.3, -0.25) is 18.0 Å². The monoisotopic (exact) mass is 780 g/mol. The number of nitrogens with one attached hydrogen (secondary N) is 1. The number of rotatable bonds is 9. The minimum Gasteiger partial charge on any atom is -0.479 e. The normalized spacial score (nSPS) is 16.5. The number of ether oxygens (including phenoxy) is 1. The lowest BCUT2D eigenvalue weighted by atomic mass is 10.0. The van der Waals surface area contributed by atoms with Gasteiger partial charge in [0, 0.05) is 84.3 Å². The Kier molecular flexibility index (Phi) is 9.62. The summed E-state index contributed by atoms with van der Waals surface area (Å²) in [5, 5.41) is 0. The Morgan fingerprint density at radius 1 is 0.896 bits per heavy atom. The van der Waals surface area contributed by atoms with Crippen LogP contribution in [0.4, 0.5) is 34.6 Å². The van der Waals surface area contributed by atoms with E-state index in [4.69, 9.17) is 19.7 Å². The van der Waals surface area contributed by atoms with Gasteiger partial charge in [-0.25, -0.2) is 4.98 Å². The van der Waals surface area contributed by atoms with E-state index in [0.717, 1.165) is 103 Å². The van der Waals surface area contributed by atoms with Gasteiger partial charge in [-0.1, -0.05) is 11.9 Å². The van der Waals surface area contributed by atoms with Gasteiger partial charge >= 0.3 is 0 Å². The summed E-state index contributed by atoms with van der Waals surface area (Å²) in [5.41, 5.74) is 5.96. The molecule has 13 nitrogen and oxygen atoms in total. The molecule has 48 heavy (non-hydrogen) atoms. The smallest absolute Gasteiger partial charge is 0.239 e. The quantitative estimate of drug-likeness (QED) is 0.116. The zero-order valence-electron chi connectivity index (χ0n) is 28.0. The second-order valence-corrected chi connectivity index (χ2v) is 14.1. The molecule has 0 spiro atoms. The van der Waals surface area contributed by atoms with Gasteiger partial charge in [0.1, 0.15) is 22.5 Å². The van der Waals surface area contributed by atoms with E-state index in [-0.39, 0.29) is 0 Å². The Morgan fingerprint density at radius 2 is 1.65 bits per heavy atom. The number of anilines is 6. The van der Waals surface area contributed by atoms with Crippen LogP contribution in [0.25, 0.3) is 22.1 Å². The summed E-state index contributed by atoms with van der Waals surface area (Å²) in [5.74, 6) is 2.73. The molecule has 1 N–H and O–H groups in total. The molecule has 6 heterocycles. The van der Waals surface area contributed by atoms with E-state index in [2.05, 4.69) is 85.2 Å². The summed E-state index contributed by atoms with van der Waals surface area (Å²) in [6.45, 7) is 6.60. The van der Waals surface area contributed by atoms with Crippen molar-refractivity contribution in [2.75, 3.05) is 91.0 Å². The number of methoxy groups -OCH3 is 1. The zero-order valence-corrected chi connectivity index (χ0v) is 30.9. The second kappa shape index (κ2) is 14.1. The summed E-state index contributed by atoms with van der Waals surface area (Å²) < 4.78 is 10.0. The molecule has 252 valence electrons. The number of H-pyrrole nitrogens is 1. The van der Waals surface area contributed by atoms with Crippen LogP contribution < -0.4 is 22.0 Å². The standard InChI is InChI=1S/C33H41IN12OS/c1-41-18-20-44(21-19-41)22-11-16-45(17-12-22)27-9-8-26(32(39-27)47-4)42(2)33-38-24-10-13-36-29(24)31(40-33)46(34)25-7-6-23-28(37-15-14-35-23)30(25)43(3)48-5/h6-10,13-15,22,36H,11-12,16-21H2,1-5H3. The maximum Gasteiger partial charge on any atom is 0.239 e. The third kappa shape index (κ3) is 6.28. The predicted molar refractivity (Wildman–Crippen MR) is 205 cm³/mol. The van der Waals surface area contributed by atoms with Gasteiger partial charge in [0.2, 0.25) is 11.8 Å². The number of likely N-dealkylation sites (N-methyl/N-ethyl adjacent to an activating group) is 1. The molecule has 0 aliphatic carbocycles. The van der Waals surface area contributed by atoms with Crippen LogP contribution in [0.15, 0.2) is 48.9 Å². The number of fused-ring (bicyclic) bond motifs is 2. The van der Waals surface area contributed by atoms with E-state index >= 15 is 0 Å². The van der Waals surface area contributed by atoms with Gasteiger partial charge in [-0.15, -0.1) is 0 Å². The lowest BCUT2D eigenvalue weighted by molar-refractivity contribution is 0.0981. The van der Waals surface area contributed by atoms with E-state index < -0.39 is 0 Å². The van der Waals surface area contributed by atoms with Crippen molar-refractivity contribution in [1.82, 2.24) is 39.7 Å². The number of pyridine rings is 1. The lowest BCUT2D eigenvalue weighted by Gasteiger charge is -2.42. The fourth-order valence-electron chi connectivity index (χ4n) is 6.65. The van der Waals surface area contributed by atoms with Crippen molar-refractivity contribution in [2.24, 2.45) is 0 Å². The number of halogens is 1. The van der Waals surface area contributed by atoms with E-state index in [1.54, 1.807) is 31.5 Å². The number of aromatic nitrogens is 6. The van der Waals surface area contributed by atoms with Gasteiger partial charge in [-0.2, -0.15) is 9.97 Å². The SMILES string of the molecule is COc1nc(N2CCC(N3CCN(C)CC3)CC2)ccc1N(C)c1nc(N(I)c2ccc3nccnc3c2N(C)SC)c2[nH]ccc2n1. The molecule has 2 aliphatic rings. The Hall–Kier alpha value is -3.67. The molecule has 0 amide bonds. The summed E-state index contributed by atoms with van der Waals surface area (Å²) in [4.78, 5) is 37.0. The van der Waals surface area contributed by atoms with Crippen molar-refractivity contribution in [1.29, 1.82) is 0 Å². The first-order valence-electron chi connectivity index (χ1n) is 16.1. The number of aromatic amines is 1. The molecule has 0 radical (unpaired) electrons. The molecule has 1 aromatic carbocycles. The molecule has 5 aromatic rings. The molecule has 15 heteroatoms. The van der Waals surface area contributed by atoms with Crippen LogP contribution in [0, 0.1) is 0 Å². The molecule has 2 fully saturated rings. The highest BCUT2D eigenvalue weighted by molar-refractivity contribution is 14.1. The van der Waals surface area contributed by atoms with Gasteiger partial charge in [0.25, 0.3) is 0 Å². The molecular formula is C33H41IN12OS. The molecular weight excluding hydrogens is 739 g/mol. The number of piperazine rings is 1. The molecule has 2 aliphatic heterocycles. The van der Waals surface area contributed by atoms with Crippen LogP contribution >= 0.6 is 34.8 Å². The Labute approximate surface area is 299 Å². The Balaban J connectivity index is 1.17. The number of piperidine rings is 1. The minimum atomic E-state index is 0.528. The first kappa shape index (κ1) is 32.9. The average molecular weight is 781 g/mol. The average Bonchev–Trinajstić information content (AvgIpc) is 3.62. The maximum absolute atomic E-state index is 5.87. The fourth-order valence-corrected chi connectivity index (χ4v) is 7.76. The second-order valence-electron chi connectivity index (χ2n) is 12.2. The maximum atomic E-state index is 5.87. The number of benzene rings is 1. The van der Waals surface area contributed by atoms with E-state index in [9.17, 15) is 0 Å². The highest BCUT2D eigenvalue weighted by Crippen LogP contribution is 2.44. The van der Waals surface area contributed by atoms with E-state index in [1.807, 2.05) is 43.6 Å². The molecule has 7 rings (SSSR count). The van der Waals surface area contributed by atoms with E-state index in [0.29, 0.717) is 17.9 Å². The van der Waals surface area contributed by atoms with Crippen LogP contribution in [-0.2, 0) is 0 Å². The number of hydrogen-bond donors (Lipinski definition) is 1. The van der Waals surface area contributed by atoms with Crippen LogP contribution in [0.1, 0.15) is 12.8 Å². The lowest BCUT2D eigenvalue weighted by Crippen LogP contribution is -2.52. The van der Waals surface area contributed by atoms with E-state index in [1.165, 1.54) is 0 Å². The van der Waals surface area contributed by atoms with Gasteiger partial charge in [0.15, 0.2) is 5.82 Å². The molecule has 0 saturated carbocycles. The highest BCUT2D eigenvalue weighted by atomic mass is 127. The van der Waals surface area contributed by atoms with Gasteiger partial charge < -0.3 is 28.7 Å². The van der Waals surface area contributed by atoms with Gasteiger partial charge in [-0.05, 0) is 50.2 Å². The van der Waals surface area contributed by atoms with Crippen molar-refractivity contribution >= 4 is 91.5 Å². The molecule has 0 unspecified atom stereocenters. The molecule has 0 bridgehead atoms. The highest BCUT2D eigenvalue weighted by Gasteiger charge is 2.28. The van der Waals surface area contributed by atoms with Crippen molar-refractivity contribution in [2.45, 2.75) is 18.9 Å². The summed E-state index contributed by atoms with van der Waals surface area (Å²) in [6.07, 6.45) is 9.67. The van der Waals surface area contributed by atoms with Gasteiger partial charge in [0.05, 0.1) is 52.4 Å². The van der Waals surface area contributed by atoms with Crippen molar-refractivity contribution in [3.05, 3.63) is 48.9 Å². The Bertz CT molecular complexity index is 1890. The van der Waals surface area contributed by atoms with Crippen LogP contribution in [0.2, 0.25) is 0 Å². The topological polar surface area (TPSA) is 109 Å². The first-order chi connectivity index (χ1) is 23.4. The number of nitrogens with zero attached hydrogens (tertiary/aromatic N) is 11. The minimum absolute atomic E-state index is 0.528. The number of hydrogen-bond acceptors (Lipinski definition) is 13. The first-order valence-corrected chi connectivity index (χ1v) is 18.3. The largest absolute Gasteiger partial charge is 0.479 e. The van der Waals surface area contributed by atoms with Crippen molar-refractivity contribution in [3.63, 3.8) is 0 Å². The van der Waals surface area contributed by atoms with Crippen molar-refractivity contribution in [3.8, 4) is 5.88 Å². The van der Waals surface area contributed by atoms with Crippen LogP contribution in [0.5, 0.6) is 5.88 Å². The van der Waals surface area contributed by atoms with Crippen LogP contribution in [0.3, 0.4) is 0 Å². The predicted octanol–water partition coefficient (Wildman–Crippen LogP) is 5.49. The molecule has 4 aromatic heterocycles. The molecule has 0 atom stereocenters. The Morgan fingerprint density at radius 3 is 2.40 bits per heavy atom. The summed E-state index contributed by atoms with van der Waals surface area (Å²) in [7, 11) is 7.87. The van der Waals surface area contributed by atoms with Crippen molar-refractivity contribution < 1.29 is 4.74 Å². The summed E-state index contributed by atoms with van der Waals surface area (Å²) >= 11 is 3.92. The zero-order chi connectivity index (χ0) is 33.4.